The highest BCUT2D eigenvalue weighted by Gasteiger charge is 2.30. The van der Waals surface area contributed by atoms with Gasteiger partial charge in [0.15, 0.2) is 0 Å². The number of hydrogen-bond donors (Lipinski definition) is 2. The third kappa shape index (κ3) is 2.86. The fourth-order valence-corrected chi connectivity index (χ4v) is 2.14. The monoisotopic (exact) mass is 223 g/mol. The molecule has 1 heterocycles. The van der Waals surface area contributed by atoms with Gasteiger partial charge < -0.3 is 14.8 Å². The number of furan rings is 1. The second kappa shape index (κ2) is 5.02. The zero-order valence-corrected chi connectivity index (χ0v) is 10.1. The Morgan fingerprint density at radius 1 is 1.50 bits per heavy atom. The molecule has 0 saturated heterocycles. The summed E-state index contributed by atoms with van der Waals surface area (Å²) in [5, 5.41) is 13.4. The van der Waals surface area contributed by atoms with Crippen LogP contribution < -0.4 is 5.32 Å². The molecular weight excluding hydrogens is 202 g/mol. The molecule has 16 heavy (non-hydrogen) atoms. The van der Waals surface area contributed by atoms with E-state index in [0.29, 0.717) is 18.3 Å². The van der Waals surface area contributed by atoms with Gasteiger partial charge in [0.25, 0.3) is 0 Å². The molecule has 3 nitrogen and oxygen atoms in total. The van der Waals surface area contributed by atoms with Crippen molar-refractivity contribution in [3.05, 3.63) is 23.7 Å². The third-order valence-corrected chi connectivity index (χ3v) is 3.29. The second-order valence-electron chi connectivity index (χ2n) is 4.72. The minimum atomic E-state index is -0.526. The molecule has 2 unspecified atom stereocenters. The fraction of sp³-hybridized carbons (Fsp3) is 0.692. The SMILES string of the molecule is CCC(NCC(O)c1ccc(C)o1)C1CC1. The van der Waals surface area contributed by atoms with Crippen LogP contribution in [0.3, 0.4) is 0 Å². The van der Waals surface area contributed by atoms with Gasteiger partial charge in [0.2, 0.25) is 0 Å². The Morgan fingerprint density at radius 3 is 2.75 bits per heavy atom. The maximum absolute atomic E-state index is 9.92. The summed E-state index contributed by atoms with van der Waals surface area (Å²) in [7, 11) is 0. The van der Waals surface area contributed by atoms with Crippen LogP contribution in [0.15, 0.2) is 16.5 Å². The number of nitrogens with one attached hydrogen (secondary N) is 1. The number of aryl methyl sites for hydroxylation is 1. The maximum Gasteiger partial charge on any atom is 0.133 e. The van der Waals surface area contributed by atoms with Crippen LogP contribution in [0.4, 0.5) is 0 Å². The van der Waals surface area contributed by atoms with Crippen molar-refractivity contribution in [3.8, 4) is 0 Å². The third-order valence-electron chi connectivity index (χ3n) is 3.29. The van der Waals surface area contributed by atoms with Gasteiger partial charge in [0.1, 0.15) is 17.6 Å². The van der Waals surface area contributed by atoms with Crippen molar-refractivity contribution in [3.63, 3.8) is 0 Å². The summed E-state index contributed by atoms with van der Waals surface area (Å²) in [5.74, 6) is 2.34. The van der Waals surface area contributed by atoms with E-state index in [2.05, 4.69) is 12.2 Å². The van der Waals surface area contributed by atoms with Crippen LogP contribution in [-0.4, -0.2) is 17.7 Å². The van der Waals surface area contributed by atoms with Crippen molar-refractivity contribution in [2.75, 3.05) is 6.54 Å². The first-order chi connectivity index (χ1) is 7.70. The van der Waals surface area contributed by atoms with Crippen molar-refractivity contribution in [1.29, 1.82) is 0 Å². The van der Waals surface area contributed by atoms with E-state index in [4.69, 9.17) is 4.42 Å². The van der Waals surface area contributed by atoms with Crippen molar-refractivity contribution in [2.24, 2.45) is 5.92 Å². The molecule has 2 atom stereocenters. The van der Waals surface area contributed by atoms with Crippen LogP contribution >= 0.6 is 0 Å². The Balaban J connectivity index is 1.80. The summed E-state index contributed by atoms with van der Waals surface area (Å²) in [5.41, 5.74) is 0. The topological polar surface area (TPSA) is 45.4 Å². The second-order valence-corrected chi connectivity index (χ2v) is 4.72. The molecule has 0 bridgehead atoms. The molecule has 2 rings (SSSR count). The molecule has 0 aliphatic heterocycles. The summed E-state index contributed by atoms with van der Waals surface area (Å²) in [6.07, 6.45) is 3.28. The van der Waals surface area contributed by atoms with E-state index >= 15 is 0 Å². The van der Waals surface area contributed by atoms with Gasteiger partial charge in [-0.25, -0.2) is 0 Å². The van der Waals surface area contributed by atoms with Crippen molar-refractivity contribution in [1.82, 2.24) is 5.32 Å². The van der Waals surface area contributed by atoms with Crippen molar-refractivity contribution in [2.45, 2.75) is 45.3 Å². The van der Waals surface area contributed by atoms with Gasteiger partial charge in [-0.1, -0.05) is 6.92 Å². The van der Waals surface area contributed by atoms with E-state index < -0.39 is 6.10 Å². The summed E-state index contributed by atoms with van der Waals surface area (Å²) in [4.78, 5) is 0. The Bertz CT molecular complexity index is 330. The van der Waals surface area contributed by atoms with Crippen LogP contribution in [0.25, 0.3) is 0 Å². The molecule has 0 spiro atoms. The van der Waals surface area contributed by atoms with Crippen LogP contribution in [-0.2, 0) is 0 Å². The minimum absolute atomic E-state index is 0.526. The predicted octanol–water partition coefficient (Wildman–Crippen LogP) is 2.40. The maximum atomic E-state index is 9.92. The van der Waals surface area contributed by atoms with Gasteiger partial charge in [-0.2, -0.15) is 0 Å². The van der Waals surface area contributed by atoms with E-state index in [1.807, 2.05) is 19.1 Å². The van der Waals surface area contributed by atoms with Crippen molar-refractivity contribution < 1.29 is 9.52 Å². The molecule has 1 aromatic rings. The molecule has 3 heteroatoms. The molecular formula is C13H21NO2. The molecule has 1 aromatic heterocycles. The molecule has 90 valence electrons. The summed E-state index contributed by atoms with van der Waals surface area (Å²) in [6, 6.07) is 4.29. The molecule has 0 amide bonds. The average Bonchev–Trinajstić information content (AvgIpc) is 3.01. The minimum Gasteiger partial charge on any atom is -0.464 e. The highest BCUT2D eigenvalue weighted by molar-refractivity contribution is 5.08. The van der Waals surface area contributed by atoms with Crippen LogP contribution in [0.5, 0.6) is 0 Å². The van der Waals surface area contributed by atoms with Gasteiger partial charge in [0, 0.05) is 12.6 Å². The summed E-state index contributed by atoms with van der Waals surface area (Å²) < 4.78 is 5.40. The van der Waals surface area contributed by atoms with E-state index in [1.165, 1.54) is 12.8 Å². The van der Waals surface area contributed by atoms with Crippen LogP contribution in [0.1, 0.15) is 43.8 Å². The first-order valence-corrected chi connectivity index (χ1v) is 6.18. The summed E-state index contributed by atoms with van der Waals surface area (Å²) in [6.45, 7) is 4.67. The predicted molar refractivity (Wildman–Crippen MR) is 63.2 cm³/mol. The Hall–Kier alpha value is -0.800. The smallest absolute Gasteiger partial charge is 0.133 e. The highest BCUT2D eigenvalue weighted by Crippen LogP contribution is 2.34. The lowest BCUT2D eigenvalue weighted by Gasteiger charge is -2.18. The van der Waals surface area contributed by atoms with E-state index in [-0.39, 0.29) is 0 Å². The lowest BCUT2D eigenvalue weighted by Crippen LogP contribution is -2.33. The molecule has 1 aliphatic carbocycles. The van der Waals surface area contributed by atoms with E-state index in [1.54, 1.807) is 0 Å². The first-order valence-electron chi connectivity index (χ1n) is 6.18. The highest BCUT2D eigenvalue weighted by atomic mass is 16.4. The Kier molecular flexibility index (Phi) is 3.66. The number of aliphatic hydroxyl groups is 1. The molecule has 1 saturated carbocycles. The standard InChI is InChI=1S/C13H21NO2/c1-3-11(10-5-6-10)14-8-12(15)13-7-4-9(2)16-13/h4,7,10-12,14-15H,3,5-6,8H2,1-2H3. The molecule has 0 radical (unpaired) electrons. The number of aliphatic hydroxyl groups excluding tert-OH is 1. The quantitative estimate of drug-likeness (QED) is 0.778. The fourth-order valence-electron chi connectivity index (χ4n) is 2.14. The van der Waals surface area contributed by atoms with Crippen LogP contribution in [0.2, 0.25) is 0 Å². The normalized spacial score (nSPS) is 19.7. The molecule has 1 aliphatic rings. The van der Waals surface area contributed by atoms with E-state index in [0.717, 1.165) is 18.1 Å². The van der Waals surface area contributed by atoms with Gasteiger partial charge in [-0.15, -0.1) is 0 Å². The number of hydrogen-bond acceptors (Lipinski definition) is 3. The van der Waals surface area contributed by atoms with Crippen LogP contribution in [0, 0.1) is 12.8 Å². The molecule has 2 N–H and O–H groups in total. The number of rotatable bonds is 6. The first kappa shape index (κ1) is 11.7. The van der Waals surface area contributed by atoms with Gasteiger partial charge in [-0.05, 0) is 44.2 Å². The lowest BCUT2D eigenvalue weighted by atomic mass is 10.1. The van der Waals surface area contributed by atoms with Gasteiger partial charge in [0.05, 0.1) is 0 Å². The van der Waals surface area contributed by atoms with E-state index in [9.17, 15) is 5.11 Å². The molecule has 1 fully saturated rings. The zero-order valence-electron chi connectivity index (χ0n) is 10.1. The largest absolute Gasteiger partial charge is 0.464 e. The summed E-state index contributed by atoms with van der Waals surface area (Å²) >= 11 is 0. The molecule has 0 aromatic carbocycles. The Labute approximate surface area is 96.8 Å². The average molecular weight is 223 g/mol. The van der Waals surface area contributed by atoms with Gasteiger partial charge >= 0.3 is 0 Å². The lowest BCUT2D eigenvalue weighted by molar-refractivity contribution is 0.140. The van der Waals surface area contributed by atoms with Crippen molar-refractivity contribution >= 4 is 0 Å². The van der Waals surface area contributed by atoms with Gasteiger partial charge in [-0.3, -0.25) is 0 Å². The Morgan fingerprint density at radius 2 is 2.25 bits per heavy atom. The zero-order chi connectivity index (χ0) is 11.5.